The third-order valence-corrected chi connectivity index (χ3v) is 4.93. The van der Waals surface area contributed by atoms with Crippen LogP contribution in [0.15, 0.2) is 24.3 Å². The monoisotopic (exact) mass is 357 g/mol. The van der Waals surface area contributed by atoms with Gasteiger partial charge >= 0.3 is 12.1 Å². The molecule has 2 N–H and O–H groups in total. The zero-order chi connectivity index (χ0) is 18.8. The van der Waals surface area contributed by atoms with Gasteiger partial charge in [-0.05, 0) is 44.4 Å². The van der Waals surface area contributed by atoms with E-state index in [1.807, 2.05) is 0 Å². The Morgan fingerprint density at radius 1 is 1.08 bits per heavy atom. The average Bonchev–Trinajstić information content (AvgIpc) is 2.54. The molecule has 2 atom stereocenters. The Balaban J connectivity index is 2.11. The third kappa shape index (κ3) is 4.32. The smallest absolute Gasteiger partial charge is 0.392 e. The fourth-order valence-electron chi connectivity index (χ4n) is 3.17. The molecule has 138 valence electrons. The number of rotatable bonds is 4. The fraction of sp³-hybridized carbons (Fsp3) is 0.556. The number of carboxylic acid groups (broad SMARTS) is 1. The van der Waals surface area contributed by atoms with E-state index >= 15 is 0 Å². The van der Waals surface area contributed by atoms with Crippen molar-refractivity contribution in [2.45, 2.75) is 51.1 Å². The Bertz CT molecular complexity index is 638. The summed E-state index contributed by atoms with van der Waals surface area (Å²) in [6, 6.07) is 6.16. The van der Waals surface area contributed by atoms with Crippen LogP contribution in [0.25, 0.3) is 0 Å². The fourth-order valence-corrected chi connectivity index (χ4v) is 3.17. The SMILES string of the molecule is CC(C)(C(=O)O)c1ccc(NC(=O)C2CCCCC2C(F)(F)F)cc1. The number of carboxylic acids is 1. The molecule has 1 aromatic rings. The summed E-state index contributed by atoms with van der Waals surface area (Å²) in [6.07, 6.45) is -3.09. The van der Waals surface area contributed by atoms with E-state index in [-0.39, 0.29) is 12.8 Å². The highest BCUT2D eigenvalue weighted by Crippen LogP contribution is 2.41. The highest BCUT2D eigenvalue weighted by molar-refractivity contribution is 5.93. The van der Waals surface area contributed by atoms with Gasteiger partial charge in [-0.2, -0.15) is 13.2 Å². The van der Waals surface area contributed by atoms with E-state index < -0.39 is 35.3 Å². The molecule has 0 bridgehead atoms. The van der Waals surface area contributed by atoms with Gasteiger partial charge in [0.25, 0.3) is 0 Å². The second-order valence-corrected chi connectivity index (χ2v) is 7.04. The molecule has 1 fully saturated rings. The van der Waals surface area contributed by atoms with E-state index in [1.165, 1.54) is 12.1 Å². The number of nitrogens with one attached hydrogen (secondary N) is 1. The van der Waals surface area contributed by atoms with Crippen LogP contribution in [0.4, 0.5) is 18.9 Å². The van der Waals surface area contributed by atoms with Gasteiger partial charge in [-0.15, -0.1) is 0 Å². The molecule has 0 spiro atoms. The normalized spacial score (nSPS) is 21.6. The van der Waals surface area contributed by atoms with Gasteiger partial charge in [-0.3, -0.25) is 9.59 Å². The molecule has 1 amide bonds. The predicted octanol–water partition coefficient (Wildman–Crippen LogP) is 4.36. The Kier molecular flexibility index (Phi) is 5.44. The average molecular weight is 357 g/mol. The maximum Gasteiger partial charge on any atom is 0.392 e. The first-order valence-electron chi connectivity index (χ1n) is 8.25. The van der Waals surface area contributed by atoms with Crippen LogP contribution in [-0.4, -0.2) is 23.2 Å². The number of carbonyl (C=O) groups excluding carboxylic acids is 1. The van der Waals surface area contributed by atoms with E-state index in [4.69, 9.17) is 0 Å². The predicted molar refractivity (Wildman–Crippen MR) is 87.2 cm³/mol. The van der Waals surface area contributed by atoms with Gasteiger partial charge in [0, 0.05) is 11.6 Å². The van der Waals surface area contributed by atoms with Crippen molar-refractivity contribution in [3.8, 4) is 0 Å². The Hall–Kier alpha value is -2.05. The van der Waals surface area contributed by atoms with E-state index in [2.05, 4.69) is 5.32 Å². The molecule has 1 aliphatic carbocycles. The summed E-state index contributed by atoms with van der Waals surface area (Å²) >= 11 is 0. The number of hydrogen-bond donors (Lipinski definition) is 2. The Morgan fingerprint density at radius 2 is 1.64 bits per heavy atom. The summed E-state index contributed by atoms with van der Waals surface area (Å²) in [5.74, 6) is -4.30. The van der Waals surface area contributed by atoms with Crippen molar-refractivity contribution < 1.29 is 27.9 Å². The van der Waals surface area contributed by atoms with Gasteiger partial charge in [0.05, 0.1) is 11.3 Å². The lowest BCUT2D eigenvalue weighted by molar-refractivity contribution is -0.197. The number of hydrogen-bond acceptors (Lipinski definition) is 2. The summed E-state index contributed by atoms with van der Waals surface area (Å²) < 4.78 is 39.3. The minimum absolute atomic E-state index is 0.0205. The van der Waals surface area contributed by atoms with Gasteiger partial charge in [0.2, 0.25) is 5.91 Å². The Labute approximate surface area is 144 Å². The van der Waals surface area contributed by atoms with Gasteiger partial charge < -0.3 is 10.4 Å². The number of anilines is 1. The molecular weight excluding hydrogens is 335 g/mol. The van der Waals surface area contributed by atoms with Crippen molar-refractivity contribution in [2.24, 2.45) is 11.8 Å². The van der Waals surface area contributed by atoms with Crippen LogP contribution in [0.2, 0.25) is 0 Å². The van der Waals surface area contributed by atoms with Crippen LogP contribution < -0.4 is 5.32 Å². The molecular formula is C18H22F3NO3. The summed E-state index contributed by atoms with van der Waals surface area (Å²) in [5.41, 5.74) is -0.182. The summed E-state index contributed by atoms with van der Waals surface area (Å²) in [5, 5.41) is 11.7. The number of alkyl halides is 3. The highest BCUT2D eigenvalue weighted by Gasteiger charge is 2.48. The largest absolute Gasteiger partial charge is 0.481 e. The minimum Gasteiger partial charge on any atom is -0.481 e. The maximum absolute atomic E-state index is 13.1. The summed E-state index contributed by atoms with van der Waals surface area (Å²) in [7, 11) is 0. The second kappa shape index (κ2) is 7.06. The molecule has 1 aliphatic rings. The van der Waals surface area contributed by atoms with Crippen molar-refractivity contribution >= 4 is 17.6 Å². The molecule has 2 rings (SSSR count). The summed E-state index contributed by atoms with van der Waals surface area (Å²) in [6.45, 7) is 3.11. The van der Waals surface area contributed by atoms with Crippen LogP contribution >= 0.6 is 0 Å². The Morgan fingerprint density at radius 3 is 2.16 bits per heavy atom. The molecule has 1 saturated carbocycles. The van der Waals surface area contributed by atoms with Gasteiger partial charge in [0.1, 0.15) is 0 Å². The minimum atomic E-state index is -4.38. The first-order valence-corrected chi connectivity index (χ1v) is 8.25. The molecule has 0 aromatic heterocycles. The number of halogens is 3. The van der Waals surface area contributed by atoms with Crippen LogP contribution in [0.5, 0.6) is 0 Å². The molecule has 0 heterocycles. The lowest BCUT2D eigenvalue weighted by Crippen LogP contribution is -2.39. The van der Waals surface area contributed by atoms with Crippen LogP contribution in [0.1, 0.15) is 45.1 Å². The third-order valence-electron chi connectivity index (χ3n) is 4.93. The van der Waals surface area contributed by atoms with E-state index in [9.17, 15) is 27.9 Å². The van der Waals surface area contributed by atoms with Crippen molar-refractivity contribution in [3.63, 3.8) is 0 Å². The van der Waals surface area contributed by atoms with Crippen LogP contribution in [-0.2, 0) is 15.0 Å². The zero-order valence-corrected chi connectivity index (χ0v) is 14.2. The lowest BCUT2D eigenvalue weighted by Gasteiger charge is -2.32. The molecule has 25 heavy (non-hydrogen) atoms. The van der Waals surface area contributed by atoms with Crippen LogP contribution in [0, 0.1) is 11.8 Å². The standard InChI is InChI=1S/C18H22F3NO3/c1-17(2,16(24)25)11-7-9-12(10-8-11)22-15(23)13-5-3-4-6-14(13)18(19,20)21/h7-10,13-14H,3-6H2,1-2H3,(H,22,23)(H,24,25). The molecule has 0 saturated heterocycles. The molecule has 0 radical (unpaired) electrons. The van der Waals surface area contributed by atoms with Crippen molar-refractivity contribution in [1.29, 1.82) is 0 Å². The molecule has 4 nitrogen and oxygen atoms in total. The van der Waals surface area contributed by atoms with Crippen LogP contribution in [0.3, 0.4) is 0 Å². The second-order valence-electron chi connectivity index (χ2n) is 7.04. The topological polar surface area (TPSA) is 66.4 Å². The van der Waals surface area contributed by atoms with E-state index in [1.54, 1.807) is 26.0 Å². The van der Waals surface area contributed by atoms with E-state index in [0.717, 1.165) is 0 Å². The van der Waals surface area contributed by atoms with Gasteiger partial charge in [-0.25, -0.2) is 0 Å². The quantitative estimate of drug-likeness (QED) is 0.842. The number of benzene rings is 1. The van der Waals surface area contributed by atoms with Gasteiger partial charge in [0.15, 0.2) is 0 Å². The number of carbonyl (C=O) groups is 2. The molecule has 7 heteroatoms. The molecule has 0 aliphatic heterocycles. The van der Waals surface area contributed by atoms with E-state index in [0.29, 0.717) is 24.1 Å². The first-order chi connectivity index (χ1) is 11.5. The van der Waals surface area contributed by atoms with Crippen molar-refractivity contribution in [1.82, 2.24) is 0 Å². The van der Waals surface area contributed by atoms with Crippen molar-refractivity contribution in [3.05, 3.63) is 29.8 Å². The summed E-state index contributed by atoms with van der Waals surface area (Å²) in [4.78, 5) is 23.6. The van der Waals surface area contributed by atoms with Crippen molar-refractivity contribution in [2.75, 3.05) is 5.32 Å². The highest BCUT2D eigenvalue weighted by atomic mass is 19.4. The molecule has 2 unspecified atom stereocenters. The lowest BCUT2D eigenvalue weighted by atomic mass is 9.78. The zero-order valence-electron chi connectivity index (χ0n) is 14.2. The maximum atomic E-state index is 13.1. The number of amides is 1. The molecule has 1 aromatic carbocycles. The van der Waals surface area contributed by atoms with Gasteiger partial charge in [-0.1, -0.05) is 25.0 Å². The number of aliphatic carboxylic acids is 1. The first kappa shape index (κ1) is 19.3.